The number of primary amides is 1. The van der Waals surface area contributed by atoms with E-state index in [1.165, 1.54) is 0 Å². The molecule has 0 aliphatic rings. The number of benzene rings is 1. The molecule has 1 amide bonds. The fourth-order valence-electron chi connectivity index (χ4n) is 1.36. The van der Waals surface area contributed by atoms with Crippen LogP contribution in [0.3, 0.4) is 0 Å². The van der Waals surface area contributed by atoms with Crippen LogP contribution < -0.4 is 15.8 Å². The van der Waals surface area contributed by atoms with Crippen LogP contribution in [0, 0.1) is 0 Å². The molecule has 1 aromatic rings. The first kappa shape index (κ1) is 14.0. The predicted molar refractivity (Wildman–Crippen MR) is 70.8 cm³/mol. The Bertz CT molecular complexity index is 383. The van der Waals surface area contributed by atoms with Gasteiger partial charge in [-0.1, -0.05) is 22.9 Å². The van der Waals surface area contributed by atoms with Crippen molar-refractivity contribution >= 4 is 21.8 Å². The summed E-state index contributed by atoms with van der Waals surface area (Å²) in [6.45, 7) is 3.47. The lowest BCUT2D eigenvalue weighted by Crippen LogP contribution is -2.28. The Hall–Kier alpha value is -1.07. The minimum atomic E-state index is -0.365. The van der Waals surface area contributed by atoms with Gasteiger partial charge in [0, 0.05) is 16.6 Å². The summed E-state index contributed by atoms with van der Waals surface area (Å²) in [7, 11) is 0. The van der Waals surface area contributed by atoms with Crippen LogP contribution in [0.25, 0.3) is 0 Å². The molecule has 0 aromatic heterocycles. The molecule has 0 aliphatic heterocycles. The van der Waals surface area contributed by atoms with Crippen LogP contribution in [0.5, 0.6) is 5.75 Å². The zero-order valence-corrected chi connectivity index (χ0v) is 11.4. The highest BCUT2D eigenvalue weighted by Crippen LogP contribution is 2.23. The van der Waals surface area contributed by atoms with Gasteiger partial charge in [0.05, 0.1) is 13.2 Å². The van der Waals surface area contributed by atoms with E-state index in [-0.39, 0.29) is 12.5 Å². The van der Waals surface area contributed by atoms with Crippen LogP contribution in [0.1, 0.15) is 18.9 Å². The Balaban J connectivity index is 2.65. The van der Waals surface area contributed by atoms with Crippen molar-refractivity contribution < 1.29 is 9.53 Å². The topological polar surface area (TPSA) is 64.3 Å². The third kappa shape index (κ3) is 5.19. The van der Waals surface area contributed by atoms with Crippen molar-refractivity contribution in [3.05, 3.63) is 28.2 Å². The molecule has 0 atom stereocenters. The van der Waals surface area contributed by atoms with E-state index >= 15 is 0 Å². The van der Waals surface area contributed by atoms with Gasteiger partial charge < -0.3 is 15.8 Å². The van der Waals surface area contributed by atoms with Crippen molar-refractivity contribution in [1.82, 2.24) is 5.32 Å². The molecule has 0 saturated heterocycles. The Labute approximate surface area is 110 Å². The van der Waals surface area contributed by atoms with Crippen LogP contribution in [-0.2, 0) is 11.3 Å². The largest absolute Gasteiger partial charge is 0.493 e. The molecule has 0 bridgehead atoms. The second-order valence-electron chi connectivity index (χ2n) is 3.67. The summed E-state index contributed by atoms with van der Waals surface area (Å²) in [4.78, 5) is 10.6. The van der Waals surface area contributed by atoms with Gasteiger partial charge in [-0.25, -0.2) is 0 Å². The van der Waals surface area contributed by atoms with Crippen molar-refractivity contribution in [2.24, 2.45) is 5.73 Å². The Morgan fingerprint density at radius 3 is 2.94 bits per heavy atom. The quantitative estimate of drug-likeness (QED) is 0.807. The minimum absolute atomic E-state index is 0.166. The monoisotopic (exact) mass is 300 g/mol. The normalized spacial score (nSPS) is 10.2. The smallest absolute Gasteiger partial charge is 0.231 e. The second kappa shape index (κ2) is 7.29. The SMILES string of the molecule is CCCOc1ccc(Br)cc1CNCC(N)=O. The highest BCUT2D eigenvalue weighted by atomic mass is 79.9. The van der Waals surface area contributed by atoms with E-state index < -0.39 is 0 Å². The van der Waals surface area contributed by atoms with E-state index in [1.807, 2.05) is 18.2 Å². The summed E-state index contributed by atoms with van der Waals surface area (Å²) in [6.07, 6.45) is 0.963. The molecule has 0 fully saturated rings. The minimum Gasteiger partial charge on any atom is -0.493 e. The van der Waals surface area contributed by atoms with Gasteiger partial charge in [0.2, 0.25) is 5.91 Å². The summed E-state index contributed by atoms with van der Waals surface area (Å²) in [5, 5.41) is 2.97. The summed E-state index contributed by atoms with van der Waals surface area (Å²) in [6, 6.07) is 5.82. The average molecular weight is 301 g/mol. The highest BCUT2D eigenvalue weighted by Gasteiger charge is 2.05. The number of amides is 1. The number of carbonyl (C=O) groups is 1. The first-order valence-corrected chi connectivity index (χ1v) is 6.33. The fraction of sp³-hybridized carbons (Fsp3) is 0.417. The van der Waals surface area contributed by atoms with Crippen molar-refractivity contribution in [2.45, 2.75) is 19.9 Å². The third-order valence-corrected chi connectivity index (χ3v) is 2.59. The highest BCUT2D eigenvalue weighted by molar-refractivity contribution is 9.10. The van der Waals surface area contributed by atoms with Gasteiger partial charge in [-0.05, 0) is 24.6 Å². The average Bonchev–Trinajstić information content (AvgIpc) is 2.27. The third-order valence-electron chi connectivity index (χ3n) is 2.10. The summed E-state index contributed by atoms with van der Waals surface area (Å²) < 4.78 is 6.61. The number of nitrogens with one attached hydrogen (secondary N) is 1. The molecule has 94 valence electrons. The van der Waals surface area contributed by atoms with Crippen LogP contribution in [0.15, 0.2) is 22.7 Å². The number of hydrogen-bond acceptors (Lipinski definition) is 3. The van der Waals surface area contributed by atoms with Crippen LogP contribution in [0.2, 0.25) is 0 Å². The molecule has 0 unspecified atom stereocenters. The first-order valence-electron chi connectivity index (χ1n) is 5.53. The molecule has 17 heavy (non-hydrogen) atoms. The van der Waals surface area contributed by atoms with E-state index in [9.17, 15) is 4.79 Å². The molecular weight excluding hydrogens is 284 g/mol. The van der Waals surface area contributed by atoms with E-state index in [0.717, 1.165) is 22.2 Å². The second-order valence-corrected chi connectivity index (χ2v) is 4.59. The van der Waals surface area contributed by atoms with Gasteiger partial charge in [0.1, 0.15) is 5.75 Å². The number of ether oxygens (including phenoxy) is 1. The van der Waals surface area contributed by atoms with Gasteiger partial charge >= 0.3 is 0 Å². The van der Waals surface area contributed by atoms with Crippen LogP contribution >= 0.6 is 15.9 Å². The Morgan fingerprint density at radius 1 is 1.53 bits per heavy atom. The number of hydrogen-bond donors (Lipinski definition) is 2. The van der Waals surface area contributed by atoms with Crippen molar-refractivity contribution in [3.63, 3.8) is 0 Å². The molecule has 0 saturated carbocycles. The lowest BCUT2D eigenvalue weighted by Gasteiger charge is -2.11. The van der Waals surface area contributed by atoms with Gasteiger partial charge in [-0.2, -0.15) is 0 Å². The maximum atomic E-state index is 10.6. The van der Waals surface area contributed by atoms with Crippen LogP contribution in [0.4, 0.5) is 0 Å². The lowest BCUT2D eigenvalue weighted by atomic mass is 10.2. The molecule has 1 rings (SSSR count). The molecule has 3 N–H and O–H groups in total. The maximum absolute atomic E-state index is 10.6. The first-order chi connectivity index (χ1) is 8.13. The standard InChI is InChI=1S/C12H17BrN2O2/c1-2-5-17-11-4-3-10(13)6-9(11)7-15-8-12(14)16/h3-4,6,15H,2,5,7-8H2,1H3,(H2,14,16). The number of nitrogens with two attached hydrogens (primary N) is 1. The number of rotatable bonds is 7. The fourth-order valence-corrected chi connectivity index (χ4v) is 1.77. The van der Waals surface area contributed by atoms with Gasteiger partial charge in [0.25, 0.3) is 0 Å². The predicted octanol–water partition coefficient (Wildman–Crippen LogP) is 1.81. The molecule has 0 aliphatic carbocycles. The van der Waals surface area contributed by atoms with E-state index in [1.54, 1.807) is 0 Å². The Morgan fingerprint density at radius 2 is 2.29 bits per heavy atom. The van der Waals surface area contributed by atoms with Crippen molar-refractivity contribution in [2.75, 3.05) is 13.2 Å². The summed E-state index contributed by atoms with van der Waals surface area (Å²) in [5.41, 5.74) is 6.07. The molecular formula is C12H17BrN2O2. The van der Waals surface area contributed by atoms with Crippen molar-refractivity contribution in [1.29, 1.82) is 0 Å². The zero-order valence-electron chi connectivity index (χ0n) is 9.83. The summed E-state index contributed by atoms with van der Waals surface area (Å²) >= 11 is 3.41. The maximum Gasteiger partial charge on any atom is 0.231 e. The van der Waals surface area contributed by atoms with E-state index in [2.05, 4.69) is 28.2 Å². The molecule has 5 heteroatoms. The van der Waals surface area contributed by atoms with Gasteiger partial charge in [0.15, 0.2) is 0 Å². The van der Waals surface area contributed by atoms with Gasteiger partial charge in [-0.3, -0.25) is 4.79 Å². The van der Waals surface area contributed by atoms with Crippen molar-refractivity contribution in [3.8, 4) is 5.75 Å². The lowest BCUT2D eigenvalue weighted by molar-refractivity contribution is -0.117. The van der Waals surface area contributed by atoms with E-state index in [0.29, 0.717) is 13.2 Å². The number of halogens is 1. The summed E-state index contributed by atoms with van der Waals surface area (Å²) in [5.74, 6) is 0.475. The molecule has 1 aromatic carbocycles. The van der Waals surface area contributed by atoms with Crippen LogP contribution in [-0.4, -0.2) is 19.1 Å². The molecule has 0 spiro atoms. The zero-order chi connectivity index (χ0) is 12.7. The molecule has 0 radical (unpaired) electrons. The Kier molecular flexibility index (Phi) is 6.00. The molecule has 0 heterocycles. The molecule has 4 nitrogen and oxygen atoms in total. The van der Waals surface area contributed by atoms with Gasteiger partial charge in [-0.15, -0.1) is 0 Å². The van der Waals surface area contributed by atoms with E-state index in [4.69, 9.17) is 10.5 Å². The number of carbonyl (C=O) groups excluding carboxylic acids is 1.